The molecule has 1 aromatic heterocycles. The van der Waals surface area contributed by atoms with Gasteiger partial charge in [0, 0.05) is 22.1 Å². The van der Waals surface area contributed by atoms with E-state index in [0.29, 0.717) is 23.2 Å². The Bertz CT molecular complexity index is 2330. The van der Waals surface area contributed by atoms with Gasteiger partial charge in [0.15, 0.2) is 23.2 Å². The first-order valence-electron chi connectivity index (χ1n) is 15.7. The normalized spacial score (nSPS) is 12.6. The molecule has 4 nitrogen and oxygen atoms in total. The number of hydrogen-bond donors (Lipinski definition) is 0. The van der Waals surface area contributed by atoms with Crippen LogP contribution in [0, 0.1) is 6.57 Å². The topological polar surface area (TPSA) is 43.0 Å². The smallest absolute Gasteiger partial charge is 0.195 e. The molecule has 0 radical (unpaired) electrons. The number of hydrogen-bond acceptors (Lipinski definition) is 3. The zero-order chi connectivity index (χ0) is 32.0. The maximum absolute atomic E-state index is 7.84. The molecule has 0 aliphatic heterocycles. The van der Waals surface area contributed by atoms with Crippen LogP contribution in [0.5, 0.6) is 0 Å². The van der Waals surface area contributed by atoms with Crippen molar-refractivity contribution in [1.82, 2.24) is 15.0 Å². The summed E-state index contributed by atoms with van der Waals surface area (Å²) in [5, 5.41) is 0. The second-order valence-corrected chi connectivity index (χ2v) is 12.4. The lowest BCUT2D eigenvalue weighted by atomic mass is 9.82. The Balaban J connectivity index is 1.25. The molecule has 0 spiro atoms. The van der Waals surface area contributed by atoms with E-state index in [-0.39, 0.29) is 5.41 Å². The van der Waals surface area contributed by atoms with Crippen molar-refractivity contribution in [2.75, 3.05) is 0 Å². The molecule has 222 valence electrons. The van der Waals surface area contributed by atoms with Crippen molar-refractivity contribution < 1.29 is 0 Å². The second kappa shape index (κ2) is 11.3. The molecule has 0 N–H and O–H groups in total. The lowest BCUT2D eigenvalue weighted by Crippen LogP contribution is -2.14. The van der Waals surface area contributed by atoms with Crippen LogP contribution >= 0.6 is 0 Å². The maximum atomic E-state index is 7.84. The summed E-state index contributed by atoms with van der Waals surface area (Å²) in [6.45, 7) is 12.3. The van der Waals surface area contributed by atoms with Crippen LogP contribution in [0.15, 0.2) is 146 Å². The summed E-state index contributed by atoms with van der Waals surface area (Å²) in [7, 11) is 0. The fourth-order valence-electron chi connectivity index (χ4n) is 6.71. The average molecular weight is 603 g/mol. The van der Waals surface area contributed by atoms with Crippen LogP contribution in [-0.2, 0) is 5.41 Å². The van der Waals surface area contributed by atoms with Crippen molar-refractivity contribution >= 4 is 5.69 Å². The summed E-state index contributed by atoms with van der Waals surface area (Å²) in [6.07, 6.45) is 0. The molecule has 0 fully saturated rings. The van der Waals surface area contributed by atoms with Gasteiger partial charge in [-0.1, -0.05) is 141 Å². The van der Waals surface area contributed by atoms with E-state index in [4.69, 9.17) is 21.5 Å². The van der Waals surface area contributed by atoms with Gasteiger partial charge in [-0.15, -0.1) is 0 Å². The number of fused-ring (bicyclic) bond motifs is 3. The molecule has 0 unspecified atom stereocenters. The molecule has 6 aromatic carbocycles. The summed E-state index contributed by atoms with van der Waals surface area (Å²) >= 11 is 0. The van der Waals surface area contributed by atoms with E-state index in [9.17, 15) is 0 Å². The van der Waals surface area contributed by atoms with E-state index in [0.717, 1.165) is 50.1 Å². The molecule has 4 heteroatoms. The second-order valence-electron chi connectivity index (χ2n) is 12.4. The van der Waals surface area contributed by atoms with Gasteiger partial charge in [0.1, 0.15) is 0 Å². The molecule has 0 saturated heterocycles. The first-order chi connectivity index (χ1) is 23.0. The van der Waals surface area contributed by atoms with Gasteiger partial charge in [0.05, 0.1) is 6.57 Å². The number of benzene rings is 6. The van der Waals surface area contributed by atoms with Gasteiger partial charge in [-0.2, -0.15) is 0 Å². The zero-order valence-corrected chi connectivity index (χ0v) is 26.1. The standard InChI is InChI=1S/C43H30N4/c1-43(2)36-24-23-32(27-35(36)39-37(43)21-12-22-38(39)44-3)31-18-11-20-34(26-31)42-46-40(29-15-8-5-9-16-29)45-41(47-42)33-19-10-17-30(25-33)28-13-6-4-7-14-28/h4-27H,1-2H3. The minimum absolute atomic E-state index is 0.168. The third-order valence-corrected chi connectivity index (χ3v) is 9.15. The van der Waals surface area contributed by atoms with Crippen LogP contribution in [0.25, 0.3) is 72.4 Å². The van der Waals surface area contributed by atoms with Crippen LogP contribution < -0.4 is 0 Å². The van der Waals surface area contributed by atoms with E-state index in [1.54, 1.807) is 0 Å². The predicted octanol–water partition coefficient (Wildman–Crippen LogP) is 11.1. The molecule has 1 aliphatic rings. The summed E-state index contributed by atoms with van der Waals surface area (Å²) in [6, 6.07) is 49.9. The summed E-state index contributed by atoms with van der Waals surface area (Å²) in [4.78, 5) is 18.9. The first kappa shape index (κ1) is 28.3. The van der Waals surface area contributed by atoms with Crippen LogP contribution in [0.1, 0.15) is 25.0 Å². The van der Waals surface area contributed by atoms with Crippen molar-refractivity contribution in [3.8, 4) is 67.5 Å². The fourth-order valence-corrected chi connectivity index (χ4v) is 6.71. The van der Waals surface area contributed by atoms with Crippen molar-refractivity contribution in [1.29, 1.82) is 0 Å². The highest BCUT2D eigenvalue weighted by atomic mass is 15.0. The molecule has 47 heavy (non-hydrogen) atoms. The van der Waals surface area contributed by atoms with Gasteiger partial charge < -0.3 is 0 Å². The average Bonchev–Trinajstić information content (AvgIpc) is 3.38. The Hall–Kier alpha value is -6.18. The molecule has 7 aromatic rings. The van der Waals surface area contributed by atoms with Crippen LogP contribution in [-0.4, -0.2) is 15.0 Å². The SMILES string of the molecule is [C-]#[N+]c1cccc2c1-c1cc(-c3cccc(-c4nc(-c5ccccc5)nc(-c5cccc(-c6ccccc6)c5)n4)c3)ccc1C2(C)C. The maximum Gasteiger partial charge on any atom is 0.195 e. The van der Waals surface area contributed by atoms with Crippen LogP contribution in [0.2, 0.25) is 0 Å². The summed E-state index contributed by atoms with van der Waals surface area (Å²) in [5.74, 6) is 1.87. The summed E-state index contributed by atoms with van der Waals surface area (Å²) in [5.41, 5.74) is 12.3. The predicted molar refractivity (Wildman–Crippen MR) is 191 cm³/mol. The Kier molecular flexibility index (Phi) is 6.82. The highest BCUT2D eigenvalue weighted by Gasteiger charge is 2.36. The van der Waals surface area contributed by atoms with E-state index in [1.165, 1.54) is 11.1 Å². The lowest BCUT2D eigenvalue weighted by molar-refractivity contribution is 0.660. The minimum Gasteiger partial charge on any atom is -0.238 e. The molecule has 0 saturated carbocycles. The molecule has 8 rings (SSSR count). The van der Waals surface area contributed by atoms with Gasteiger partial charge in [0.25, 0.3) is 0 Å². The number of rotatable bonds is 5. The third kappa shape index (κ3) is 4.99. The quantitative estimate of drug-likeness (QED) is 0.184. The number of nitrogens with zero attached hydrogens (tertiary/aromatic N) is 4. The number of aromatic nitrogens is 3. The Morgan fingerprint density at radius 2 is 0.936 bits per heavy atom. The van der Waals surface area contributed by atoms with Crippen molar-refractivity contribution in [3.05, 3.63) is 168 Å². The highest BCUT2D eigenvalue weighted by Crippen LogP contribution is 2.53. The first-order valence-corrected chi connectivity index (χ1v) is 15.7. The van der Waals surface area contributed by atoms with Crippen molar-refractivity contribution in [2.24, 2.45) is 0 Å². The molecule has 0 atom stereocenters. The molecule has 1 heterocycles. The molecular weight excluding hydrogens is 573 g/mol. The lowest BCUT2D eigenvalue weighted by Gasteiger charge is -2.21. The molecule has 1 aliphatic carbocycles. The minimum atomic E-state index is -0.168. The van der Waals surface area contributed by atoms with E-state index < -0.39 is 0 Å². The van der Waals surface area contributed by atoms with Gasteiger partial charge >= 0.3 is 0 Å². The van der Waals surface area contributed by atoms with Crippen LogP contribution in [0.3, 0.4) is 0 Å². The highest BCUT2D eigenvalue weighted by molar-refractivity contribution is 5.92. The van der Waals surface area contributed by atoms with Crippen molar-refractivity contribution in [3.63, 3.8) is 0 Å². The fraction of sp³-hybridized carbons (Fsp3) is 0.0698. The summed E-state index contributed by atoms with van der Waals surface area (Å²) < 4.78 is 0. The van der Waals surface area contributed by atoms with Gasteiger partial charge in [-0.05, 0) is 62.7 Å². The molecular formula is C43H30N4. The monoisotopic (exact) mass is 602 g/mol. The van der Waals surface area contributed by atoms with Gasteiger partial charge in [-0.3, -0.25) is 0 Å². The van der Waals surface area contributed by atoms with Crippen LogP contribution in [0.4, 0.5) is 5.69 Å². The molecule has 0 bridgehead atoms. The zero-order valence-electron chi connectivity index (χ0n) is 26.1. The third-order valence-electron chi connectivity index (χ3n) is 9.15. The largest absolute Gasteiger partial charge is 0.238 e. The Morgan fingerprint density at radius 3 is 1.55 bits per heavy atom. The Labute approximate surface area is 274 Å². The van der Waals surface area contributed by atoms with E-state index in [2.05, 4.69) is 104 Å². The molecule has 0 amide bonds. The van der Waals surface area contributed by atoms with E-state index >= 15 is 0 Å². The van der Waals surface area contributed by atoms with E-state index in [1.807, 2.05) is 60.7 Å². The Morgan fingerprint density at radius 1 is 0.447 bits per heavy atom. The van der Waals surface area contributed by atoms with Crippen molar-refractivity contribution in [2.45, 2.75) is 19.3 Å². The van der Waals surface area contributed by atoms with Gasteiger partial charge in [-0.25, -0.2) is 19.8 Å². The van der Waals surface area contributed by atoms with Gasteiger partial charge in [0.2, 0.25) is 0 Å².